The summed E-state index contributed by atoms with van der Waals surface area (Å²) in [6, 6.07) is 15.0. The molecule has 1 amide bonds. The van der Waals surface area contributed by atoms with Crippen molar-refractivity contribution in [2.75, 3.05) is 5.43 Å². The van der Waals surface area contributed by atoms with Crippen LogP contribution in [0.4, 0.5) is 4.39 Å². The first-order chi connectivity index (χ1) is 12.3. The summed E-state index contributed by atoms with van der Waals surface area (Å²) in [6.07, 6.45) is 0. The molecule has 0 aliphatic carbocycles. The Balaban J connectivity index is 2.08. The highest BCUT2D eigenvalue weighted by Gasteiger charge is 2.36. The van der Waals surface area contributed by atoms with Crippen molar-refractivity contribution < 1.29 is 9.18 Å². The quantitative estimate of drug-likeness (QED) is 0.781. The largest absolute Gasteiger partial charge is 0.280 e. The highest BCUT2D eigenvalue weighted by atomic mass is 19.1. The topological polar surface area (TPSA) is 64.0 Å². The van der Waals surface area contributed by atoms with Gasteiger partial charge in [0.25, 0.3) is 11.5 Å². The molecule has 0 unspecified atom stereocenters. The minimum atomic E-state index is -2.29. The zero-order valence-electron chi connectivity index (χ0n) is 14.9. The van der Waals surface area contributed by atoms with Crippen molar-refractivity contribution in [3.05, 3.63) is 76.3 Å². The van der Waals surface area contributed by atoms with Crippen LogP contribution in [0, 0.1) is 0 Å². The van der Waals surface area contributed by atoms with Gasteiger partial charge in [0.05, 0.1) is 10.9 Å². The lowest BCUT2D eigenvalue weighted by atomic mass is 9.97. The molecule has 0 aliphatic rings. The fourth-order valence-corrected chi connectivity index (χ4v) is 2.73. The lowest BCUT2D eigenvalue weighted by molar-refractivity contribution is -0.128. The van der Waals surface area contributed by atoms with Gasteiger partial charge in [-0.2, -0.15) is 0 Å². The van der Waals surface area contributed by atoms with Crippen LogP contribution in [0.1, 0.15) is 38.1 Å². The molecule has 3 rings (SSSR count). The fourth-order valence-electron chi connectivity index (χ4n) is 2.73. The smallest absolute Gasteiger partial charge is 0.269 e. The molecule has 0 saturated carbocycles. The van der Waals surface area contributed by atoms with E-state index >= 15 is 4.39 Å². The van der Waals surface area contributed by atoms with Crippen molar-refractivity contribution in [3.63, 3.8) is 0 Å². The van der Waals surface area contributed by atoms with E-state index < -0.39 is 17.1 Å². The summed E-state index contributed by atoms with van der Waals surface area (Å²) >= 11 is 0. The molecule has 0 spiro atoms. The van der Waals surface area contributed by atoms with E-state index in [-0.39, 0.29) is 11.5 Å². The molecule has 134 valence electrons. The Morgan fingerprint density at radius 2 is 1.73 bits per heavy atom. The third-order valence-corrected chi connectivity index (χ3v) is 4.27. The van der Waals surface area contributed by atoms with Crippen molar-refractivity contribution in [3.8, 4) is 0 Å². The van der Waals surface area contributed by atoms with Crippen LogP contribution in [-0.2, 0) is 10.5 Å². The van der Waals surface area contributed by atoms with E-state index in [0.717, 1.165) is 4.68 Å². The van der Waals surface area contributed by atoms with E-state index in [1.54, 1.807) is 42.5 Å². The monoisotopic (exact) mass is 353 g/mol. The van der Waals surface area contributed by atoms with Gasteiger partial charge in [0.1, 0.15) is 5.82 Å². The van der Waals surface area contributed by atoms with Crippen molar-refractivity contribution >= 4 is 16.8 Å². The molecule has 1 heterocycles. The zero-order valence-corrected chi connectivity index (χ0v) is 14.9. The van der Waals surface area contributed by atoms with Gasteiger partial charge in [-0.05, 0) is 24.6 Å². The molecule has 1 atom stereocenters. The number of amides is 1. The summed E-state index contributed by atoms with van der Waals surface area (Å²) in [6.45, 7) is 4.88. The SMILES string of the molecule is CC(C)c1nc2ccccc2c(=O)n1NC(=O)[C@](C)(F)c1ccccc1. The second-order valence-corrected chi connectivity index (χ2v) is 6.59. The van der Waals surface area contributed by atoms with E-state index in [2.05, 4.69) is 10.4 Å². The standard InChI is InChI=1S/C20H20FN3O2/c1-13(2)17-22-16-12-8-7-11-15(16)18(25)24(17)23-19(26)20(3,21)14-9-5-4-6-10-14/h4-13H,1-3H3,(H,23,26)/t20-/m1/s1. The van der Waals surface area contributed by atoms with Gasteiger partial charge in [-0.3, -0.25) is 15.0 Å². The number of benzene rings is 2. The first-order valence-corrected chi connectivity index (χ1v) is 8.40. The van der Waals surface area contributed by atoms with Gasteiger partial charge in [-0.1, -0.05) is 56.3 Å². The summed E-state index contributed by atoms with van der Waals surface area (Å²) in [4.78, 5) is 29.9. The van der Waals surface area contributed by atoms with Crippen LogP contribution in [0.2, 0.25) is 0 Å². The molecule has 0 saturated heterocycles. The fraction of sp³-hybridized carbons (Fsp3) is 0.250. The molecule has 6 heteroatoms. The molecule has 0 radical (unpaired) electrons. The van der Waals surface area contributed by atoms with Gasteiger partial charge in [0.15, 0.2) is 0 Å². The lowest BCUT2D eigenvalue weighted by Gasteiger charge is -2.23. The van der Waals surface area contributed by atoms with Crippen LogP contribution in [0.25, 0.3) is 10.9 Å². The van der Waals surface area contributed by atoms with Gasteiger partial charge in [0, 0.05) is 5.92 Å². The van der Waals surface area contributed by atoms with Crippen molar-refractivity contribution in [2.45, 2.75) is 32.4 Å². The second-order valence-electron chi connectivity index (χ2n) is 6.59. The van der Waals surface area contributed by atoms with E-state index in [0.29, 0.717) is 16.7 Å². The normalized spacial score (nSPS) is 13.6. The third kappa shape index (κ3) is 3.10. The Labute approximate surface area is 150 Å². The number of alkyl halides is 1. The van der Waals surface area contributed by atoms with Gasteiger partial charge >= 0.3 is 0 Å². The first-order valence-electron chi connectivity index (χ1n) is 8.40. The lowest BCUT2D eigenvalue weighted by Crippen LogP contribution is -2.43. The summed E-state index contributed by atoms with van der Waals surface area (Å²) in [7, 11) is 0. The predicted octanol–water partition coefficient (Wildman–Crippen LogP) is 3.47. The Bertz CT molecular complexity index is 1010. The van der Waals surface area contributed by atoms with Crippen LogP contribution in [-0.4, -0.2) is 15.6 Å². The molecule has 5 nitrogen and oxygen atoms in total. The molecule has 2 aromatic carbocycles. The van der Waals surface area contributed by atoms with E-state index in [1.165, 1.54) is 19.1 Å². The highest BCUT2D eigenvalue weighted by Crippen LogP contribution is 2.26. The average Bonchev–Trinajstić information content (AvgIpc) is 2.64. The maximum Gasteiger partial charge on any atom is 0.280 e. The highest BCUT2D eigenvalue weighted by molar-refractivity contribution is 5.92. The number of hydrogen-bond acceptors (Lipinski definition) is 3. The maximum atomic E-state index is 15.1. The Morgan fingerprint density at radius 3 is 2.38 bits per heavy atom. The number of carbonyl (C=O) groups is 1. The van der Waals surface area contributed by atoms with Crippen molar-refractivity contribution in [2.24, 2.45) is 0 Å². The van der Waals surface area contributed by atoms with Gasteiger partial charge in [-0.15, -0.1) is 0 Å². The molecule has 1 aromatic heterocycles. The summed E-state index contributed by atoms with van der Waals surface area (Å²) < 4.78 is 16.2. The predicted molar refractivity (Wildman–Crippen MR) is 99.4 cm³/mol. The van der Waals surface area contributed by atoms with Crippen LogP contribution in [0.3, 0.4) is 0 Å². The molecule has 0 fully saturated rings. The number of nitrogens with one attached hydrogen (secondary N) is 1. The minimum absolute atomic E-state index is 0.143. The molecule has 26 heavy (non-hydrogen) atoms. The second kappa shape index (κ2) is 6.71. The van der Waals surface area contributed by atoms with Gasteiger partial charge in [-0.25, -0.2) is 14.1 Å². The number of halogens is 1. The summed E-state index contributed by atoms with van der Waals surface area (Å²) in [5, 5.41) is 0.359. The number of fused-ring (bicyclic) bond motifs is 1. The average molecular weight is 353 g/mol. The van der Waals surface area contributed by atoms with Crippen LogP contribution in [0.5, 0.6) is 0 Å². The summed E-state index contributed by atoms with van der Waals surface area (Å²) in [5.74, 6) is -0.703. The first kappa shape index (κ1) is 17.8. The Hall–Kier alpha value is -3.02. The van der Waals surface area contributed by atoms with Gasteiger partial charge < -0.3 is 0 Å². The number of rotatable bonds is 4. The van der Waals surface area contributed by atoms with Crippen molar-refractivity contribution in [1.29, 1.82) is 0 Å². The van der Waals surface area contributed by atoms with Crippen molar-refractivity contribution in [1.82, 2.24) is 9.66 Å². The molecular weight excluding hydrogens is 333 g/mol. The minimum Gasteiger partial charge on any atom is -0.269 e. The van der Waals surface area contributed by atoms with E-state index in [9.17, 15) is 9.59 Å². The third-order valence-electron chi connectivity index (χ3n) is 4.27. The Morgan fingerprint density at radius 1 is 1.12 bits per heavy atom. The van der Waals surface area contributed by atoms with Crippen LogP contribution >= 0.6 is 0 Å². The molecular formula is C20H20FN3O2. The number of hydrogen-bond donors (Lipinski definition) is 1. The van der Waals surface area contributed by atoms with Crippen LogP contribution in [0.15, 0.2) is 59.4 Å². The number of para-hydroxylation sites is 1. The molecule has 0 aliphatic heterocycles. The Kier molecular flexibility index (Phi) is 4.59. The number of carbonyl (C=O) groups excluding carboxylic acids is 1. The summed E-state index contributed by atoms with van der Waals surface area (Å²) in [5.41, 5.74) is 0.447. The maximum absolute atomic E-state index is 15.1. The molecule has 1 N–H and O–H groups in total. The number of nitrogens with zero attached hydrogens (tertiary/aromatic N) is 2. The van der Waals surface area contributed by atoms with Gasteiger partial charge in [0.2, 0.25) is 5.67 Å². The number of aromatic nitrogens is 2. The van der Waals surface area contributed by atoms with E-state index in [4.69, 9.17) is 0 Å². The van der Waals surface area contributed by atoms with Crippen LogP contribution < -0.4 is 11.0 Å². The zero-order chi connectivity index (χ0) is 18.9. The van der Waals surface area contributed by atoms with E-state index in [1.807, 2.05) is 13.8 Å². The molecule has 3 aromatic rings. The molecule has 0 bridgehead atoms.